The minimum Gasteiger partial charge on any atom is -0.456 e. The van der Waals surface area contributed by atoms with Crippen molar-refractivity contribution in [2.24, 2.45) is 11.8 Å². The maximum Gasteiger partial charge on any atom is 0.135 e. The van der Waals surface area contributed by atoms with Gasteiger partial charge in [-0.25, -0.2) is 0 Å². The van der Waals surface area contributed by atoms with Crippen molar-refractivity contribution in [2.75, 3.05) is 4.90 Å². The zero-order valence-electron chi connectivity index (χ0n) is 30.9. The van der Waals surface area contributed by atoms with Crippen LogP contribution >= 0.6 is 0 Å². The fraction of sp³-hybridized carbons (Fsp3) is 0.192. The van der Waals surface area contributed by atoms with Crippen LogP contribution in [0.3, 0.4) is 0 Å². The first-order chi connectivity index (χ1) is 26.5. The number of para-hydroxylation sites is 1. The van der Waals surface area contributed by atoms with E-state index in [-0.39, 0.29) is 5.41 Å². The lowest BCUT2D eigenvalue weighted by molar-refractivity contribution is 0.420. The quantitative estimate of drug-likeness (QED) is 0.172. The van der Waals surface area contributed by atoms with E-state index >= 15 is 0 Å². The Morgan fingerprint density at radius 3 is 2.02 bits per heavy atom. The van der Waals surface area contributed by atoms with E-state index in [1.165, 1.54) is 75.8 Å². The van der Waals surface area contributed by atoms with Crippen molar-refractivity contribution in [2.45, 2.75) is 50.9 Å². The van der Waals surface area contributed by atoms with E-state index in [1.54, 1.807) is 0 Å². The van der Waals surface area contributed by atoms with Gasteiger partial charge in [0.2, 0.25) is 0 Å². The van der Waals surface area contributed by atoms with Crippen LogP contribution < -0.4 is 4.90 Å². The van der Waals surface area contributed by atoms with Gasteiger partial charge < -0.3 is 9.32 Å². The van der Waals surface area contributed by atoms with Gasteiger partial charge >= 0.3 is 0 Å². The van der Waals surface area contributed by atoms with E-state index < -0.39 is 0 Å². The second-order valence-corrected chi connectivity index (χ2v) is 16.5. The van der Waals surface area contributed by atoms with Gasteiger partial charge in [-0.2, -0.15) is 0 Å². The maximum atomic E-state index is 6.27. The normalized spacial score (nSPS) is 19.3. The van der Waals surface area contributed by atoms with E-state index in [9.17, 15) is 0 Å². The van der Waals surface area contributed by atoms with Crippen molar-refractivity contribution in [3.05, 3.63) is 174 Å². The molecule has 0 aliphatic heterocycles. The summed E-state index contributed by atoms with van der Waals surface area (Å²) in [6.45, 7) is 4.72. The van der Waals surface area contributed by atoms with Crippen molar-refractivity contribution in [1.29, 1.82) is 0 Å². The molecule has 11 rings (SSSR count). The highest BCUT2D eigenvalue weighted by molar-refractivity contribution is 6.06. The minimum atomic E-state index is -0.0970. The summed E-state index contributed by atoms with van der Waals surface area (Å²) >= 11 is 0. The molecule has 0 spiro atoms. The van der Waals surface area contributed by atoms with Crippen molar-refractivity contribution in [3.63, 3.8) is 0 Å². The molecule has 2 bridgehead atoms. The lowest BCUT2D eigenvalue weighted by Gasteiger charge is -2.28. The molecular weight excluding hydrogens is 655 g/mol. The Labute approximate surface area is 317 Å². The van der Waals surface area contributed by atoms with Gasteiger partial charge in [0.1, 0.15) is 11.2 Å². The molecule has 54 heavy (non-hydrogen) atoms. The highest BCUT2D eigenvalue weighted by Gasteiger charge is 2.40. The van der Waals surface area contributed by atoms with Crippen molar-refractivity contribution >= 4 is 39.0 Å². The molecule has 3 aliphatic rings. The standard InChI is InChI=1S/C52H43NO/c1-52(2)48-14-8-6-12-42(48)43-26-23-40(32-49(43)52)53(39-24-27-51-47(31-39)44-13-7-9-15-50(44)54-51)38-21-18-35(19-22-38)41-25-20-37(45-29-33-16-17-36(45)28-33)30-46(41)34-10-4-3-5-11-34/h3-15,18-27,30-33,36,45H,16-17,28-29H2,1-2H3. The molecule has 3 unspecified atom stereocenters. The monoisotopic (exact) mass is 697 g/mol. The number of benzene rings is 7. The Morgan fingerprint density at radius 2 is 1.19 bits per heavy atom. The van der Waals surface area contributed by atoms with Crippen molar-refractivity contribution in [1.82, 2.24) is 0 Å². The zero-order valence-corrected chi connectivity index (χ0v) is 30.9. The van der Waals surface area contributed by atoms with Crippen molar-refractivity contribution < 1.29 is 4.42 Å². The van der Waals surface area contributed by atoms with Gasteiger partial charge in [-0.15, -0.1) is 0 Å². The van der Waals surface area contributed by atoms with Crippen LogP contribution in [0.25, 0.3) is 55.3 Å². The van der Waals surface area contributed by atoms with Crippen LogP contribution in [-0.4, -0.2) is 0 Å². The Kier molecular flexibility index (Phi) is 7.08. The van der Waals surface area contributed by atoms with Crippen LogP contribution in [0.4, 0.5) is 17.1 Å². The largest absolute Gasteiger partial charge is 0.456 e. The third-order valence-corrected chi connectivity index (χ3v) is 13.2. The molecule has 0 radical (unpaired) electrons. The maximum absolute atomic E-state index is 6.27. The number of rotatable bonds is 6. The number of anilines is 3. The molecule has 8 aromatic rings. The molecule has 2 heteroatoms. The van der Waals surface area contributed by atoms with Gasteiger partial charge in [-0.1, -0.05) is 129 Å². The van der Waals surface area contributed by atoms with Gasteiger partial charge in [0, 0.05) is 33.2 Å². The number of hydrogen-bond donors (Lipinski definition) is 0. The van der Waals surface area contributed by atoms with E-state index in [0.717, 1.165) is 50.8 Å². The van der Waals surface area contributed by atoms with Crippen LogP contribution in [-0.2, 0) is 5.41 Å². The first kappa shape index (κ1) is 31.6. The minimum absolute atomic E-state index is 0.0970. The van der Waals surface area contributed by atoms with Crippen LogP contribution in [0.1, 0.15) is 62.1 Å². The third kappa shape index (κ3) is 4.93. The van der Waals surface area contributed by atoms with E-state index in [4.69, 9.17) is 4.42 Å². The van der Waals surface area contributed by atoms with Crippen LogP contribution in [0.2, 0.25) is 0 Å². The van der Waals surface area contributed by atoms with Crippen molar-refractivity contribution in [3.8, 4) is 33.4 Å². The second kappa shape index (κ2) is 12.1. The molecular formula is C52H43NO. The predicted molar refractivity (Wildman–Crippen MR) is 225 cm³/mol. The van der Waals surface area contributed by atoms with E-state index in [1.807, 2.05) is 6.07 Å². The number of nitrogens with zero attached hydrogens (tertiary/aromatic N) is 1. The topological polar surface area (TPSA) is 16.4 Å². The second-order valence-electron chi connectivity index (χ2n) is 16.5. The molecule has 2 fully saturated rings. The summed E-state index contributed by atoms with van der Waals surface area (Å²) in [5, 5.41) is 2.26. The molecule has 1 aromatic heterocycles. The van der Waals surface area contributed by atoms with Gasteiger partial charge in [-0.3, -0.25) is 0 Å². The Bertz CT molecular complexity index is 2720. The highest BCUT2D eigenvalue weighted by Crippen LogP contribution is 2.54. The molecule has 2 nitrogen and oxygen atoms in total. The summed E-state index contributed by atoms with van der Waals surface area (Å²) < 4.78 is 6.27. The van der Waals surface area contributed by atoms with Crippen LogP contribution in [0.15, 0.2) is 162 Å². The van der Waals surface area contributed by atoms with Crippen LogP contribution in [0, 0.1) is 11.8 Å². The third-order valence-electron chi connectivity index (χ3n) is 13.2. The van der Waals surface area contributed by atoms with Gasteiger partial charge in [-0.05, 0) is 136 Å². The number of furan rings is 1. The summed E-state index contributed by atoms with van der Waals surface area (Å²) in [7, 11) is 0. The highest BCUT2D eigenvalue weighted by atomic mass is 16.3. The van der Waals surface area contributed by atoms with E-state index in [2.05, 4.69) is 170 Å². The average molecular weight is 698 g/mol. The van der Waals surface area contributed by atoms with Gasteiger partial charge in [0.05, 0.1) is 0 Å². The molecule has 0 saturated heterocycles. The summed E-state index contributed by atoms with van der Waals surface area (Å²) in [6.07, 6.45) is 5.60. The summed E-state index contributed by atoms with van der Waals surface area (Å²) in [5.41, 5.74) is 17.2. The summed E-state index contributed by atoms with van der Waals surface area (Å²) in [4.78, 5) is 2.42. The first-order valence-electron chi connectivity index (χ1n) is 19.8. The zero-order chi connectivity index (χ0) is 36.0. The molecule has 0 amide bonds. The lowest BCUT2D eigenvalue weighted by atomic mass is 9.81. The summed E-state index contributed by atoms with van der Waals surface area (Å²) in [5.74, 6) is 2.48. The fourth-order valence-corrected chi connectivity index (χ4v) is 10.5. The molecule has 3 aliphatic carbocycles. The molecule has 0 N–H and O–H groups in total. The number of hydrogen-bond acceptors (Lipinski definition) is 2. The molecule has 1 heterocycles. The van der Waals surface area contributed by atoms with Crippen LogP contribution in [0.5, 0.6) is 0 Å². The smallest absolute Gasteiger partial charge is 0.135 e. The van der Waals surface area contributed by atoms with E-state index in [0.29, 0.717) is 5.92 Å². The van der Waals surface area contributed by atoms with Gasteiger partial charge in [0.15, 0.2) is 0 Å². The van der Waals surface area contributed by atoms with Gasteiger partial charge in [0.25, 0.3) is 0 Å². The molecule has 3 atom stereocenters. The predicted octanol–water partition coefficient (Wildman–Crippen LogP) is 14.6. The molecule has 262 valence electrons. The average Bonchev–Trinajstić information content (AvgIpc) is 4.00. The molecule has 7 aromatic carbocycles. The first-order valence-corrected chi connectivity index (χ1v) is 19.8. The fourth-order valence-electron chi connectivity index (χ4n) is 10.5. The Hall–Kier alpha value is -5.86. The Morgan fingerprint density at radius 1 is 0.500 bits per heavy atom. The molecule has 2 saturated carbocycles. The Balaban J connectivity index is 1.04. The SMILES string of the molecule is CC1(C)c2ccccc2-c2ccc(N(c3ccc(-c4ccc(C5CC6CCC5C6)cc4-c4ccccc4)cc3)c3ccc4oc5ccccc5c4c3)cc21. The number of fused-ring (bicyclic) bond motifs is 8. The lowest BCUT2D eigenvalue weighted by Crippen LogP contribution is -2.16. The summed E-state index contributed by atoms with van der Waals surface area (Å²) in [6, 6.07) is 58.5.